The number of carbonyl (C=O) groups excluding carboxylic acids is 1. The quantitative estimate of drug-likeness (QED) is 0.302. The van der Waals surface area contributed by atoms with E-state index in [1.165, 1.54) is 10.4 Å². The molecule has 0 radical (unpaired) electrons. The molecule has 0 bridgehead atoms. The monoisotopic (exact) mass is 545 g/mol. The summed E-state index contributed by atoms with van der Waals surface area (Å²) >= 11 is 1.79. The number of nitrogens with zero attached hydrogens (tertiary/aromatic N) is 3. The van der Waals surface area contributed by atoms with E-state index in [1.807, 2.05) is 11.8 Å². The number of halogens is 1. The first-order valence-corrected chi connectivity index (χ1v) is 11.4. The zero-order valence-corrected chi connectivity index (χ0v) is 21.1. The molecule has 0 saturated carbocycles. The Morgan fingerprint density at radius 3 is 2.87 bits per heavy atom. The number of guanidine groups is 1. The van der Waals surface area contributed by atoms with Crippen LogP contribution in [0.4, 0.5) is 0 Å². The molecule has 0 spiro atoms. The van der Waals surface area contributed by atoms with Gasteiger partial charge in [0.15, 0.2) is 5.96 Å². The van der Waals surface area contributed by atoms with Crippen LogP contribution in [-0.4, -0.2) is 41.6 Å². The number of fused-ring (bicyclic) bond motifs is 1. The summed E-state index contributed by atoms with van der Waals surface area (Å²) in [5.74, 6) is 1.80. The standard InChI is InChI=1S/C21H31N5O2S.HI/c1-4-17-16(18(5-2)28-25-17)13-24-21(22-6-3)23-10-7-20(27)26-11-8-19-15(14-26)9-12-29-19;/h9,12H,4-8,10-11,13-14H2,1-3H3,(H2,22,23,24);1H. The van der Waals surface area contributed by atoms with Crippen molar-refractivity contribution in [3.8, 4) is 0 Å². The minimum atomic E-state index is 0. The second-order valence-corrected chi connectivity index (χ2v) is 8.05. The van der Waals surface area contributed by atoms with Crippen LogP contribution in [0.1, 0.15) is 54.7 Å². The van der Waals surface area contributed by atoms with Gasteiger partial charge in [-0.05, 0) is 36.8 Å². The first kappa shape index (κ1) is 24.6. The van der Waals surface area contributed by atoms with Crippen molar-refractivity contribution in [2.45, 2.75) is 59.5 Å². The smallest absolute Gasteiger partial charge is 0.224 e. The van der Waals surface area contributed by atoms with Crippen LogP contribution in [0.25, 0.3) is 0 Å². The van der Waals surface area contributed by atoms with Gasteiger partial charge >= 0.3 is 0 Å². The minimum Gasteiger partial charge on any atom is -0.361 e. The molecule has 2 aromatic heterocycles. The highest BCUT2D eigenvalue weighted by Crippen LogP contribution is 2.24. The van der Waals surface area contributed by atoms with Crippen LogP contribution in [0.3, 0.4) is 0 Å². The highest BCUT2D eigenvalue weighted by molar-refractivity contribution is 14.0. The molecule has 30 heavy (non-hydrogen) atoms. The summed E-state index contributed by atoms with van der Waals surface area (Å²) in [4.78, 5) is 20.6. The molecule has 2 N–H and O–H groups in total. The van der Waals surface area contributed by atoms with Crippen LogP contribution in [0.15, 0.2) is 21.0 Å². The van der Waals surface area contributed by atoms with E-state index in [4.69, 9.17) is 4.52 Å². The third kappa shape index (κ3) is 6.19. The molecule has 0 aromatic carbocycles. The molecular formula is C21H32IN5O2S. The van der Waals surface area contributed by atoms with E-state index < -0.39 is 0 Å². The van der Waals surface area contributed by atoms with E-state index in [9.17, 15) is 4.79 Å². The van der Waals surface area contributed by atoms with E-state index in [0.29, 0.717) is 25.5 Å². The molecule has 0 aliphatic carbocycles. The second kappa shape index (κ2) is 12.3. The van der Waals surface area contributed by atoms with E-state index in [-0.39, 0.29) is 29.9 Å². The number of thiophene rings is 1. The normalized spacial score (nSPS) is 13.6. The first-order valence-electron chi connectivity index (χ1n) is 10.5. The number of amides is 1. The average Bonchev–Trinajstić information content (AvgIpc) is 3.37. The lowest BCUT2D eigenvalue weighted by Crippen LogP contribution is -2.41. The SMILES string of the molecule is CCNC(=NCc1c(CC)noc1CC)NCCC(=O)N1CCc2sccc2C1.I. The molecular weight excluding hydrogens is 513 g/mol. The maximum atomic E-state index is 12.6. The van der Waals surface area contributed by atoms with Crippen molar-refractivity contribution in [2.24, 2.45) is 4.99 Å². The molecule has 3 heterocycles. The molecule has 2 aromatic rings. The predicted octanol–water partition coefficient (Wildman–Crippen LogP) is 3.51. The van der Waals surface area contributed by atoms with Gasteiger partial charge in [-0.3, -0.25) is 4.79 Å². The minimum absolute atomic E-state index is 0. The van der Waals surface area contributed by atoms with Crippen LogP contribution < -0.4 is 10.6 Å². The molecule has 9 heteroatoms. The van der Waals surface area contributed by atoms with Crippen molar-refractivity contribution in [1.82, 2.24) is 20.7 Å². The van der Waals surface area contributed by atoms with Gasteiger partial charge in [0, 0.05) is 49.5 Å². The Balaban J connectivity index is 0.00000320. The average molecular weight is 545 g/mol. The van der Waals surface area contributed by atoms with Crippen molar-refractivity contribution in [3.63, 3.8) is 0 Å². The Morgan fingerprint density at radius 1 is 1.30 bits per heavy atom. The van der Waals surface area contributed by atoms with E-state index in [1.54, 1.807) is 11.3 Å². The van der Waals surface area contributed by atoms with Gasteiger partial charge in [0.05, 0.1) is 12.2 Å². The molecule has 166 valence electrons. The van der Waals surface area contributed by atoms with Gasteiger partial charge in [-0.2, -0.15) is 0 Å². The summed E-state index contributed by atoms with van der Waals surface area (Å²) in [6.45, 7) is 9.54. The van der Waals surface area contributed by atoms with Gasteiger partial charge in [0.1, 0.15) is 5.76 Å². The predicted molar refractivity (Wildman–Crippen MR) is 132 cm³/mol. The number of nitrogens with one attached hydrogen (secondary N) is 2. The van der Waals surface area contributed by atoms with Crippen LogP contribution in [-0.2, 0) is 37.1 Å². The van der Waals surface area contributed by atoms with Crippen molar-refractivity contribution in [2.75, 3.05) is 19.6 Å². The van der Waals surface area contributed by atoms with Crippen LogP contribution in [0.2, 0.25) is 0 Å². The van der Waals surface area contributed by atoms with Crippen LogP contribution in [0, 0.1) is 0 Å². The first-order chi connectivity index (χ1) is 14.2. The van der Waals surface area contributed by atoms with Gasteiger partial charge in [0.2, 0.25) is 5.91 Å². The van der Waals surface area contributed by atoms with Gasteiger partial charge in [0.25, 0.3) is 0 Å². The Labute approximate surface area is 199 Å². The molecule has 0 saturated heterocycles. The summed E-state index contributed by atoms with van der Waals surface area (Å²) in [5.41, 5.74) is 3.34. The Bertz CT molecular complexity index is 827. The summed E-state index contributed by atoms with van der Waals surface area (Å²) < 4.78 is 5.42. The topological polar surface area (TPSA) is 82.8 Å². The summed E-state index contributed by atoms with van der Waals surface area (Å²) in [6, 6.07) is 2.13. The third-order valence-electron chi connectivity index (χ3n) is 5.14. The summed E-state index contributed by atoms with van der Waals surface area (Å²) in [7, 11) is 0. The molecule has 3 rings (SSSR count). The summed E-state index contributed by atoms with van der Waals surface area (Å²) in [5, 5.41) is 12.8. The van der Waals surface area contributed by atoms with Crippen molar-refractivity contribution in [3.05, 3.63) is 38.9 Å². The molecule has 0 unspecified atom stereocenters. The molecule has 1 amide bonds. The molecule has 0 atom stereocenters. The lowest BCUT2D eigenvalue weighted by Gasteiger charge is -2.27. The van der Waals surface area contributed by atoms with Crippen LogP contribution >= 0.6 is 35.3 Å². The Hall–Kier alpha value is -1.62. The fourth-order valence-electron chi connectivity index (χ4n) is 3.52. The fraction of sp³-hybridized carbons (Fsp3) is 0.571. The molecule has 1 aliphatic rings. The van der Waals surface area contributed by atoms with E-state index >= 15 is 0 Å². The second-order valence-electron chi connectivity index (χ2n) is 7.04. The molecule has 0 fully saturated rings. The van der Waals surface area contributed by atoms with E-state index in [0.717, 1.165) is 55.9 Å². The molecule has 1 aliphatic heterocycles. The fourth-order valence-corrected chi connectivity index (χ4v) is 4.41. The zero-order valence-electron chi connectivity index (χ0n) is 18.0. The number of hydrogen-bond acceptors (Lipinski definition) is 5. The summed E-state index contributed by atoms with van der Waals surface area (Å²) in [6.07, 6.45) is 3.05. The maximum Gasteiger partial charge on any atom is 0.224 e. The highest BCUT2D eigenvalue weighted by atomic mass is 127. The third-order valence-corrected chi connectivity index (χ3v) is 6.16. The van der Waals surface area contributed by atoms with Crippen molar-refractivity contribution in [1.29, 1.82) is 0 Å². The van der Waals surface area contributed by atoms with Gasteiger partial charge in [-0.1, -0.05) is 19.0 Å². The maximum absolute atomic E-state index is 12.6. The number of rotatable bonds is 8. The van der Waals surface area contributed by atoms with Gasteiger partial charge in [-0.15, -0.1) is 35.3 Å². The van der Waals surface area contributed by atoms with Crippen LogP contribution in [0.5, 0.6) is 0 Å². The Morgan fingerprint density at radius 2 is 2.13 bits per heavy atom. The van der Waals surface area contributed by atoms with Gasteiger partial charge in [-0.25, -0.2) is 4.99 Å². The molecule has 7 nitrogen and oxygen atoms in total. The number of aromatic nitrogens is 1. The van der Waals surface area contributed by atoms with E-state index in [2.05, 4.69) is 46.1 Å². The zero-order chi connectivity index (χ0) is 20.6. The lowest BCUT2D eigenvalue weighted by molar-refractivity contribution is -0.131. The largest absolute Gasteiger partial charge is 0.361 e. The number of carbonyl (C=O) groups is 1. The highest BCUT2D eigenvalue weighted by Gasteiger charge is 2.21. The van der Waals surface area contributed by atoms with Crippen molar-refractivity contribution < 1.29 is 9.32 Å². The lowest BCUT2D eigenvalue weighted by atomic mass is 10.1. The van der Waals surface area contributed by atoms with Gasteiger partial charge < -0.3 is 20.1 Å². The van der Waals surface area contributed by atoms with Crippen molar-refractivity contribution >= 4 is 47.2 Å². The Kier molecular flexibility index (Phi) is 10.1. The number of hydrogen-bond donors (Lipinski definition) is 2. The number of aryl methyl sites for hydroxylation is 2. The number of aliphatic imine (C=N–C) groups is 1.